The van der Waals surface area contributed by atoms with E-state index >= 15 is 0 Å². The van der Waals surface area contributed by atoms with Gasteiger partial charge < -0.3 is 9.84 Å². The summed E-state index contributed by atoms with van der Waals surface area (Å²) >= 11 is 0. The molecule has 0 fully saturated rings. The zero-order valence-corrected chi connectivity index (χ0v) is 9.15. The molecular formula is C13H12O3. The molecule has 2 aromatic carbocycles. The molecule has 0 aromatic heterocycles. The van der Waals surface area contributed by atoms with Gasteiger partial charge in [-0.05, 0) is 42.0 Å². The minimum Gasteiger partial charge on any atom is -0.507 e. The molecular weight excluding hydrogens is 204 g/mol. The lowest BCUT2D eigenvalue weighted by Gasteiger charge is -2.07. The maximum Gasteiger partial charge on any atom is 0.164 e. The summed E-state index contributed by atoms with van der Waals surface area (Å²) in [6, 6.07) is 8.68. The number of hydrogen-bond donors (Lipinski definition) is 1. The van der Waals surface area contributed by atoms with Gasteiger partial charge >= 0.3 is 0 Å². The van der Waals surface area contributed by atoms with Gasteiger partial charge in [0.1, 0.15) is 11.5 Å². The largest absolute Gasteiger partial charge is 0.507 e. The Kier molecular flexibility index (Phi) is 2.52. The van der Waals surface area contributed by atoms with E-state index < -0.39 is 0 Å². The van der Waals surface area contributed by atoms with Gasteiger partial charge in [0.25, 0.3) is 0 Å². The first-order valence-electron chi connectivity index (χ1n) is 4.94. The topological polar surface area (TPSA) is 46.5 Å². The molecule has 2 rings (SSSR count). The molecule has 0 radical (unpaired) electrons. The van der Waals surface area contributed by atoms with Crippen LogP contribution < -0.4 is 4.74 Å². The summed E-state index contributed by atoms with van der Waals surface area (Å²) in [6.45, 7) is 1.44. The number of ether oxygens (including phenoxy) is 1. The molecule has 0 unspecified atom stereocenters. The number of carbonyl (C=O) groups is 1. The number of ketones is 1. The zero-order valence-electron chi connectivity index (χ0n) is 9.15. The van der Waals surface area contributed by atoms with Crippen LogP contribution in [0.2, 0.25) is 0 Å². The Morgan fingerprint density at radius 2 is 2.00 bits per heavy atom. The quantitative estimate of drug-likeness (QED) is 0.785. The van der Waals surface area contributed by atoms with Gasteiger partial charge in [0, 0.05) is 0 Å². The molecule has 0 heterocycles. The highest BCUT2D eigenvalue weighted by Gasteiger charge is 2.11. The summed E-state index contributed by atoms with van der Waals surface area (Å²) in [5.41, 5.74) is 0.361. The predicted octanol–water partition coefficient (Wildman–Crippen LogP) is 2.76. The molecule has 0 aliphatic rings. The fourth-order valence-electron chi connectivity index (χ4n) is 1.79. The first-order chi connectivity index (χ1) is 7.63. The van der Waals surface area contributed by atoms with E-state index in [1.807, 2.05) is 6.07 Å². The lowest BCUT2D eigenvalue weighted by atomic mass is 10.0. The van der Waals surface area contributed by atoms with E-state index in [0.717, 1.165) is 16.5 Å². The average Bonchev–Trinajstić information content (AvgIpc) is 2.27. The Morgan fingerprint density at radius 1 is 1.25 bits per heavy atom. The lowest BCUT2D eigenvalue weighted by Crippen LogP contribution is -1.94. The zero-order chi connectivity index (χ0) is 11.7. The van der Waals surface area contributed by atoms with Crippen LogP contribution in [-0.4, -0.2) is 18.0 Å². The van der Waals surface area contributed by atoms with Gasteiger partial charge in [-0.3, -0.25) is 4.79 Å². The molecule has 82 valence electrons. The fraction of sp³-hybridized carbons (Fsp3) is 0.154. The Morgan fingerprint density at radius 3 is 2.62 bits per heavy atom. The predicted molar refractivity (Wildman–Crippen MR) is 62.2 cm³/mol. The van der Waals surface area contributed by atoms with Crippen molar-refractivity contribution >= 4 is 16.6 Å². The maximum absolute atomic E-state index is 11.4. The molecule has 0 aliphatic carbocycles. The number of fused-ring (bicyclic) bond motifs is 1. The van der Waals surface area contributed by atoms with Crippen LogP contribution in [0.5, 0.6) is 11.5 Å². The minimum absolute atomic E-state index is 0.0187. The van der Waals surface area contributed by atoms with E-state index in [2.05, 4.69) is 0 Å². The van der Waals surface area contributed by atoms with Gasteiger partial charge in [0.2, 0.25) is 0 Å². The SMILES string of the molecule is COc1ccc2c(C(C)=O)c(O)ccc2c1. The summed E-state index contributed by atoms with van der Waals surface area (Å²) in [6.07, 6.45) is 0. The van der Waals surface area contributed by atoms with Crippen molar-refractivity contribution in [1.82, 2.24) is 0 Å². The number of Topliss-reactive ketones (excluding diaryl/α,β-unsaturated/α-hetero) is 1. The summed E-state index contributed by atoms with van der Waals surface area (Å²) in [5, 5.41) is 11.3. The summed E-state index contributed by atoms with van der Waals surface area (Å²) in [5.74, 6) is 0.603. The average molecular weight is 216 g/mol. The number of benzene rings is 2. The number of aromatic hydroxyl groups is 1. The number of hydrogen-bond acceptors (Lipinski definition) is 3. The van der Waals surface area contributed by atoms with Crippen LogP contribution >= 0.6 is 0 Å². The molecule has 1 N–H and O–H groups in total. The Hall–Kier alpha value is -2.03. The molecule has 3 heteroatoms. The van der Waals surface area contributed by atoms with Crippen molar-refractivity contribution in [2.24, 2.45) is 0 Å². The molecule has 16 heavy (non-hydrogen) atoms. The van der Waals surface area contributed by atoms with Crippen molar-refractivity contribution in [3.63, 3.8) is 0 Å². The molecule has 0 spiro atoms. The third-order valence-corrected chi connectivity index (χ3v) is 2.56. The molecule has 0 atom stereocenters. The van der Waals surface area contributed by atoms with Crippen LogP contribution in [0.25, 0.3) is 10.8 Å². The molecule has 0 aliphatic heterocycles. The van der Waals surface area contributed by atoms with Crippen LogP contribution in [0.3, 0.4) is 0 Å². The summed E-state index contributed by atoms with van der Waals surface area (Å²) in [7, 11) is 1.59. The minimum atomic E-state index is -0.145. The maximum atomic E-state index is 11.4. The van der Waals surface area contributed by atoms with E-state index in [-0.39, 0.29) is 11.5 Å². The third kappa shape index (κ3) is 1.60. The van der Waals surface area contributed by atoms with Gasteiger partial charge in [-0.25, -0.2) is 0 Å². The van der Waals surface area contributed by atoms with Gasteiger partial charge in [-0.15, -0.1) is 0 Å². The highest BCUT2D eigenvalue weighted by atomic mass is 16.5. The highest BCUT2D eigenvalue weighted by molar-refractivity contribution is 6.09. The monoisotopic (exact) mass is 216 g/mol. The van der Waals surface area contributed by atoms with Gasteiger partial charge in [0.15, 0.2) is 5.78 Å². The standard InChI is InChI=1S/C13H12O3/c1-8(14)13-11-5-4-10(16-2)7-9(11)3-6-12(13)15/h3-7,15H,1-2H3. The van der Waals surface area contributed by atoms with Crippen molar-refractivity contribution in [3.8, 4) is 11.5 Å². The number of methoxy groups -OCH3 is 1. The van der Waals surface area contributed by atoms with Crippen molar-refractivity contribution in [2.75, 3.05) is 7.11 Å². The number of carbonyl (C=O) groups excluding carboxylic acids is 1. The summed E-state index contributed by atoms with van der Waals surface area (Å²) < 4.78 is 5.11. The summed E-state index contributed by atoms with van der Waals surface area (Å²) in [4.78, 5) is 11.4. The second kappa shape index (κ2) is 3.85. The normalized spacial score (nSPS) is 10.4. The van der Waals surface area contributed by atoms with Crippen LogP contribution in [0.1, 0.15) is 17.3 Å². The van der Waals surface area contributed by atoms with Crippen molar-refractivity contribution in [1.29, 1.82) is 0 Å². The molecule has 0 saturated carbocycles. The molecule has 0 saturated heterocycles. The van der Waals surface area contributed by atoms with E-state index in [4.69, 9.17) is 4.74 Å². The lowest BCUT2D eigenvalue weighted by molar-refractivity contribution is 0.101. The first-order valence-corrected chi connectivity index (χ1v) is 4.94. The number of phenolic OH excluding ortho intramolecular Hbond substituents is 1. The molecule has 3 nitrogen and oxygen atoms in total. The number of rotatable bonds is 2. The fourth-order valence-corrected chi connectivity index (χ4v) is 1.79. The second-order valence-electron chi connectivity index (χ2n) is 3.60. The second-order valence-corrected chi connectivity index (χ2v) is 3.60. The van der Waals surface area contributed by atoms with Crippen LogP contribution in [-0.2, 0) is 0 Å². The van der Waals surface area contributed by atoms with Crippen LogP contribution in [0, 0.1) is 0 Å². The van der Waals surface area contributed by atoms with Gasteiger partial charge in [-0.2, -0.15) is 0 Å². The molecule has 2 aromatic rings. The van der Waals surface area contributed by atoms with Crippen molar-refractivity contribution in [2.45, 2.75) is 6.92 Å². The van der Waals surface area contributed by atoms with E-state index in [1.54, 1.807) is 25.3 Å². The molecule has 0 amide bonds. The van der Waals surface area contributed by atoms with Gasteiger partial charge in [-0.1, -0.05) is 6.07 Å². The highest BCUT2D eigenvalue weighted by Crippen LogP contribution is 2.29. The molecule has 0 bridgehead atoms. The van der Waals surface area contributed by atoms with E-state index in [0.29, 0.717) is 5.56 Å². The third-order valence-electron chi connectivity index (χ3n) is 2.56. The number of phenols is 1. The van der Waals surface area contributed by atoms with E-state index in [9.17, 15) is 9.90 Å². The Labute approximate surface area is 93.3 Å². The van der Waals surface area contributed by atoms with Crippen LogP contribution in [0.4, 0.5) is 0 Å². The van der Waals surface area contributed by atoms with Gasteiger partial charge in [0.05, 0.1) is 12.7 Å². The van der Waals surface area contributed by atoms with E-state index in [1.165, 1.54) is 13.0 Å². The first kappa shape index (κ1) is 10.5. The van der Waals surface area contributed by atoms with Crippen molar-refractivity contribution in [3.05, 3.63) is 35.9 Å². The van der Waals surface area contributed by atoms with Crippen molar-refractivity contribution < 1.29 is 14.6 Å². The smallest absolute Gasteiger partial charge is 0.164 e. The Bertz CT molecular complexity index is 558. The van der Waals surface area contributed by atoms with Crippen LogP contribution in [0.15, 0.2) is 30.3 Å². The Balaban J connectivity index is 2.79.